The zero-order valence-electron chi connectivity index (χ0n) is 9.68. The van der Waals surface area contributed by atoms with Crippen LogP contribution in [0.25, 0.3) is 0 Å². The Hall–Kier alpha value is -0.0100. The number of unbranched alkanes of at least 4 members (excludes halogenated alkanes) is 2. The Morgan fingerprint density at radius 1 is 1.43 bits per heavy atom. The number of ether oxygens (including phenoxy) is 1. The number of hydrogen-bond donors (Lipinski definition) is 0. The van der Waals surface area contributed by atoms with E-state index in [2.05, 4.69) is 20.8 Å². The van der Waals surface area contributed by atoms with Gasteiger partial charge in [0.25, 0.3) is 0 Å². The Morgan fingerprint density at radius 3 is 2.71 bits per heavy atom. The average Bonchev–Trinajstić information content (AvgIpc) is 2.16. The molecule has 84 valence electrons. The van der Waals surface area contributed by atoms with E-state index in [0.29, 0.717) is 12.0 Å². The smallest absolute Gasteiger partial charge is 0.0678 e. The van der Waals surface area contributed by atoms with Gasteiger partial charge >= 0.3 is 0 Å². The van der Waals surface area contributed by atoms with Crippen molar-refractivity contribution < 1.29 is 4.74 Å². The van der Waals surface area contributed by atoms with Gasteiger partial charge in [0, 0.05) is 5.88 Å². The highest BCUT2D eigenvalue weighted by atomic mass is 35.5. The summed E-state index contributed by atoms with van der Waals surface area (Å²) in [4.78, 5) is 0. The van der Waals surface area contributed by atoms with E-state index >= 15 is 0 Å². The second kappa shape index (κ2) is 9.54. The van der Waals surface area contributed by atoms with Crippen molar-refractivity contribution in [2.45, 2.75) is 52.6 Å². The summed E-state index contributed by atoms with van der Waals surface area (Å²) >= 11 is 5.58. The first kappa shape index (κ1) is 14.0. The molecule has 0 N–H and O–H groups in total. The van der Waals surface area contributed by atoms with Crippen molar-refractivity contribution in [1.82, 2.24) is 0 Å². The minimum Gasteiger partial charge on any atom is -0.374 e. The van der Waals surface area contributed by atoms with Crippen LogP contribution in [0.2, 0.25) is 0 Å². The van der Waals surface area contributed by atoms with Gasteiger partial charge in [0.15, 0.2) is 0 Å². The molecule has 1 nitrogen and oxygen atoms in total. The fourth-order valence-corrected chi connectivity index (χ4v) is 1.49. The molecule has 0 amide bonds. The molecule has 0 bridgehead atoms. The third kappa shape index (κ3) is 8.58. The summed E-state index contributed by atoms with van der Waals surface area (Å²) < 4.78 is 5.68. The van der Waals surface area contributed by atoms with Crippen molar-refractivity contribution in [1.29, 1.82) is 0 Å². The fraction of sp³-hybridized carbons (Fsp3) is 0.833. The molecule has 0 rings (SSSR count). The molecule has 0 saturated carbocycles. The lowest BCUT2D eigenvalue weighted by molar-refractivity contribution is 0.0752. The highest BCUT2D eigenvalue weighted by molar-refractivity contribution is 6.18. The standard InChI is InChI=1S/C12H23ClO/c1-4-5-6-7-12(3)14-10-11(2)8-9-13/h8,12H,4-7,9-10H2,1-3H3/b11-8+. The molecular formula is C12H23ClO. The Kier molecular flexibility index (Phi) is 9.53. The van der Waals surface area contributed by atoms with Crippen LogP contribution < -0.4 is 0 Å². The molecular weight excluding hydrogens is 196 g/mol. The summed E-state index contributed by atoms with van der Waals surface area (Å²) in [6.45, 7) is 7.14. The predicted molar refractivity (Wildman–Crippen MR) is 64.0 cm³/mol. The van der Waals surface area contributed by atoms with Crippen molar-refractivity contribution in [2.75, 3.05) is 12.5 Å². The van der Waals surface area contributed by atoms with Gasteiger partial charge in [-0.05, 0) is 20.3 Å². The van der Waals surface area contributed by atoms with Gasteiger partial charge in [0.2, 0.25) is 0 Å². The quantitative estimate of drug-likeness (QED) is 0.338. The maximum atomic E-state index is 5.68. The largest absolute Gasteiger partial charge is 0.374 e. The van der Waals surface area contributed by atoms with E-state index in [1.165, 1.54) is 31.3 Å². The Morgan fingerprint density at radius 2 is 2.14 bits per heavy atom. The van der Waals surface area contributed by atoms with E-state index in [4.69, 9.17) is 16.3 Å². The lowest BCUT2D eigenvalue weighted by atomic mass is 10.1. The van der Waals surface area contributed by atoms with Gasteiger partial charge in [0.05, 0.1) is 12.7 Å². The highest BCUT2D eigenvalue weighted by Crippen LogP contribution is 2.07. The SMILES string of the molecule is CCCCCC(C)OC/C(C)=C/CCl. The third-order valence-corrected chi connectivity index (χ3v) is 2.39. The summed E-state index contributed by atoms with van der Waals surface area (Å²) in [7, 11) is 0. The van der Waals surface area contributed by atoms with E-state index in [-0.39, 0.29) is 0 Å². The van der Waals surface area contributed by atoms with E-state index in [9.17, 15) is 0 Å². The van der Waals surface area contributed by atoms with Crippen LogP contribution in [-0.2, 0) is 4.74 Å². The zero-order valence-corrected chi connectivity index (χ0v) is 10.4. The highest BCUT2D eigenvalue weighted by Gasteiger charge is 2.01. The zero-order chi connectivity index (χ0) is 10.8. The second-order valence-electron chi connectivity index (χ2n) is 3.82. The van der Waals surface area contributed by atoms with Gasteiger partial charge in [0.1, 0.15) is 0 Å². The molecule has 1 unspecified atom stereocenters. The van der Waals surface area contributed by atoms with Gasteiger partial charge in [-0.2, -0.15) is 0 Å². The summed E-state index contributed by atoms with van der Waals surface area (Å²) in [5.74, 6) is 0.583. The Labute approximate surface area is 93.5 Å². The predicted octanol–water partition coefficient (Wildman–Crippen LogP) is 4.16. The first-order valence-electron chi connectivity index (χ1n) is 5.53. The molecule has 0 heterocycles. The first-order chi connectivity index (χ1) is 6.70. The molecule has 0 aliphatic carbocycles. The van der Waals surface area contributed by atoms with Gasteiger partial charge < -0.3 is 4.74 Å². The van der Waals surface area contributed by atoms with Crippen LogP contribution >= 0.6 is 11.6 Å². The lowest BCUT2D eigenvalue weighted by Gasteiger charge is -2.12. The monoisotopic (exact) mass is 218 g/mol. The van der Waals surface area contributed by atoms with Gasteiger partial charge in [-0.1, -0.05) is 37.8 Å². The van der Waals surface area contributed by atoms with Crippen LogP contribution in [0.15, 0.2) is 11.6 Å². The maximum absolute atomic E-state index is 5.68. The van der Waals surface area contributed by atoms with Gasteiger partial charge in [-0.15, -0.1) is 11.6 Å². The van der Waals surface area contributed by atoms with Crippen molar-refractivity contribution in [3.05, 3.63) is 11.6 Å². The van der Waals surface area contributed by atoms with Gasteiger partial charge in [-0.3, -0.25) is 0 Å². The van der Waals surface area contributed by atoms with Crippen molar-refractivity contribution >= 4 is 11.6 Å². The first-order valence-corrected chi connectivity index (χ1v) is 6.07. The van der Waals surface area contributed by atoms with E-state index < -0.39 is 0 Å². The molecule has 0 fully saturated rings. The lowest BCUT2D eigenvalue weighted by Crippen LogP contribution is -2.09. The summed E-state index contributed by atoms with van der Waals surface area (Å²) in [6, 6.07) is 0. The molecule has 1 atom stereocenters. The van der Waals surface area contributed by atoms with E-state index in [0.717, 1.165) is 6.61 Å². The number of rotatable bonds is 8. The number of halogens is 1. The topological polar surface area (TPSA) is 9.23 Å². The van der Waals surface area contributed by atoms with E-state index in [1.54, 1.807) is 0 Å². The molecule has 14 heavy (non-hydrogen) atoms. The molecule has 0 saturated heterocycles. The Balaban J connectivity index is 3.43. The summed E-state index contributed by atoms with van der Waals surface area (Å²) in [5.41, 5.74) is 1.22. The molecule has 0 aromatic carbocycles. The molecule has 0 spiro atoms. The molecule has 0 radical (unpaired) electrons. The molecule has 0 aliphatic heterocycles. The average molecular weight is 219 g/mol. The third-order valence-electron chi connectivity index (χ3n) is 2.24. The van der Waals surface area contributed by atoms with Crippen molar-refractivity contribution in [3.63, 3.8) is 0 Å². The maximum Gasteiger partial charge on any atom is 0.0678 e. The van der Waals surface area contributed by atoms with Crippen LogP contribution in [-0.4, -0.2) is 18.6 Å². The van der Waals surface area contributed by atoms with Crippen LogP contribution in [0.4, 0.5) is 0 Å². The molecule has 0 aromatic rings. The van der Waals surface area contributed by atoms with Crippen LogP contribution in [0.5, 0.6) is 0 Å². The number of hydrogen-bond acceptors (Lipinski definition) is 1. The fourth-order valence-electron chi connectivity index (χ4n) is 1.23. The van der Waals surface area contributed by atoms with Crippen LogP contribution in [0.1, 0.15) is 46.5 Å². The van der Waals surface area contributed by atoms with Gasteiger partial charge in [-0.25, -0.2) is 0 Å². The van der Waals surface area contributed by atoms with Crippen LogP contribution in [0.3, 0.4) is 0 Å². The van der Waals surface area contributed by atoms with Crippen LogP contribution in [0, 0.1) is 0 Å². The molecule has 2 heteroatoms. The van der Waals surface area contributed by atoms with Crippen molar-refractivity contribution in [3.8, 4) is 0 Å². The minimum atomic E-state index is 0.375. The summed E-state index contributed by atoms with van der Waals surface area (Å²) in [6.07, 6.45) is 7.40. The van der Waals surface area contributed by atoms with Crippen molar-refractivity contribution in [2.24, 2.45) is 0 Å². The molecule has 0 aromatic heterocycles. The molecule has 0 aliphatic rings. The normalized spacial score (nSPS) is 14.4. The van der Waals surface area contributed by atoms with E-state index in [1.807, 2.05) is 6.08 Å². The Bertz CT molecular complexity index is 154. The number of alkyl halides is 1. The minimum absolute atomic E-state index is 0.375. The summed E-state index contributed by atoms with van der Waals surface area (Å²) in [5, 5.41) is 0. The second-order valence-corrected chi connectivity index (χ2v) is 4.13. The number of allylic oxidation sites excluding steroid dienone is 1.